The highest BCUT2D eigenvalue weighted by atomic mass is 32.2. The maximum Gasteiger partial charge on any atom is 0.335 e. The number of hydrogen-bond acceptors (Lipinski definition) is 5. The van der Waals surface area contributed by atoms with Gasteiger partial charge in [0.05, 0.1) is 16.1 Å². The van der Waals surface area contributed by atoms with Gasteiger partial charge >= 0.3 is 5.97 Å². The minimum atomic E-state index is -3.87. The fourth-order valence-corrected chi connectivity index (χ4v) is 3.61. The van der Waals surface area contributed by atoms with Crippen molar-refractivity contribution in [3.8, 4) is 0 Å². The van der Waals surface area contributed by atoms with Crippen LogP contribution < -0.4 is 4.72 Å². The first-order valence-corrected chi connectivity index (χ1v) is 9.02. The van der Waals surface area contributed by atoms with Gasteiger partial charge < -0.3 is 10.2 Å². The SMILES string of the molecule is CSCC(C)(O)CNS(=O)(=O)c1ccc(C)c(C(=O)O)c1. The smallest absolute Gasteiger partial charge is 0.335 e. The molecule has 0 saturated heterocycles. The van der Waals surface area contributed by atoms with Gasteiger partial charge in [0.25, 0.3) is 0 Å². The molecule has 8 heteroatoms. The monoisotopic (exact) mass is 333 g/mol. The van der Waals surface area contributed by atoms with Crippen LogP contribution in [0.15, 0.2) is 23.1 Å². The minimum absolute atomic E-state index is 0.0613. The summed E-state index contributed by atoms with van der Waals surface area (Å²) in [4.78, 5) is 10.9. The number of nitrogens with one attached hydrogen (secondary N) is 1. The van der Waals surface area contributed by atoms with E-state index in [0.29, 0.717) is 11.3 Å². The van der Waals surface area contributed by atoms with Crippen molar-refractivity contribution in [2.45, 2.75) is 24.3 Å². The molecule has 21 heavy (non-hydrogen) atoms. The van der Waals surface area contributed by atoms with Crippen LogP contribution in [0.25, 0.3) is 0 Å². The van der Waals surface area contributed by atoms with Crippen LogP contribution in [0, 0.1) is 6.92 Å². The number of hydrogen-bond donors (Lipinski definition) is 3. The second-order valence-corrected chi connectivity index (χ2v) is 7.67. The third-order valence-electron chi connectivity index (χ3n) is 2.85. The Morgan fingerprint density at radius 2 is 2.05 bits per heavy atom. The predicted molar refractivity (Wildman–Crippen MR) is 82.3 cm³/mol. The molecule has 1 unspecified atom stereocenters. The highest BCUT2D eigenvalue weighted by Gasteiger charge is 2.24. The molecule has 0 aliphatic heterocycles. The van der Waals surface area contributed by atoms with Crippen molar-refractivity contribution >= 4 is 27.8 Å². The van der Waals surface area contributed by atoms with Crippen LogP contribution >= 0.6 is 11.8 Å². The van der Waals surface area contributed by atoms with Gasteiger partial charge in [0.2, 0.25) is 10.0 Å². The van der Waals surface area contributed by atoms with Crippen molar-refractivity contribution < 1.29 is 23.4 Å². The summed E-state index contributed by atoms with van der Waals surface area (Å²) in [5.74, 6) is -0.803. The Balaban J connectivity index is 2.99. The van der Waals surface area contributed by atoms with Crippen LogP contribution in [0.4, 0.5) is 0 Å². The van der Waals surface area contributed by atoms with Crippen LogP contribution in [-0.4, -0.2) is 48.8 Å². The lowest BCUT2D eigenvalue weighted by molar-refractivity contribution is 0.0695. The van der Waals surface area contributed by atoms with Crippen LogP contribution in [0.5, 0.6) is 0 Å². The number of rotatable bonds is 7. The Kier molecular flexibility index (Phi) is 5.80. The zero-order chi connectivity index (χ0) is 16.3. The summed E-state index contributed by atoms with van der Waals surface area (Å²) in [6, 6.07) is 3.90. The molecule has 6 nitrogen and oxygen atoms in total. The number of sulfonamides is 1. The molecule has 1 aromatic carbocycles. The van der Waals surface area contributed by atoms with Gasteiger partial charge in [-0.15, -0.1) is 0 Å². The molecule has 118 valence electrons. The van der Waals surface area contributed by atoms with E-state index in [4.69, 9.17) is 5.11 Å². The molecule has 0 spiro atoms. The fraction of sp³-hybridized carbons (Fsp3) is 0.462. The summed E-state index contributed by atoms with van der Waals surface area (Å²) in [7, 11) is -3.87. The number of aryl methyl sites for hydroxylation is 1. The second kappa shape index (κ2) is 6.78. The summed E-state index contributed by atoms with van der Waals surface area (Å²) >= 11 is 1.40. The van der Waals surface area contributed by atoms with Crippen LogP contribution in [0.2, 0.25) is 0 Å². The molecule has 0 amide bonds. The number of thioether (sulfide) groups is 1. The average molecular weight is 333 g/mol. The Hall–Kier alpha value is -1.09. The average Bonchev–Trinajstić information content (AvgIpc) is 2.36. The lowest BCUT2D eigenvalue weighted by Crippen LogP contribution is -2.42. The molecule has 1 atom stereocenters. The zero-order valence-corrected chi connectivity index (χ0v) is 13.7. The van der Waals surface area contributed by atoms with Crippen molar-refractivity contribution in [3.05, 3.63) is 29.3 Å². The lowest BCUT2D eigenvalue weighted by atomic mass is 10.1. The van der Waals surface area contributed by atoms with Crippen LogP contribution in [0.3, 0.4) is 0 Å². The minimum Gasteiger partial charge on any atom is -0.478 e. The molecular weight excluding hydrogens is 314 g/mol. The van der Waals surface area contributed by atoms with E-state index in [-0.39, 0.29) is 17.0 Å². The quantitative estimate of drug-likeness (QED) is 0.690. The van der Waals surface area contributed by atoms with E-state index >= 15 is 0 Å². The first-order chi connectivity index (χ1) is 9.59. The van der Waals surface area contributed by atoms with Crippen molar-refractivity contribution in [2.24, 2.45) is 0 Å². The standard InChI is InChI=1S/C13H19NO5S2/c1-9-4-5-10(6-11(9)12(15)16)21(18,19)14-7-13(2,17)8-20-3/h4-6,14,17H,7-8H2,1-3H3,(H,15,16). The molecule has 1 rings (SSSR count). The number of carboxylic acid groups (broad SMARTS) is 1. The van der Waals surface area contributed by atoms with Gasteiger partial charge in [-0.2, -0.15) is 11.8 Å². The summed E-state index contributed by atoms with van der Waals surface area (Å²) < 4.78 is 26.6. The molecule has 0 aliphatic carbocycles. The Bertz CT molecular complexity index is 625. The maximum absolute atomic E-state index is 12.1. The molecule has 0 radical (unpaired) electrons. The fourth-order valence-electron chi connectivity index (χ4n) is 1.69. The molecular formula is C13H19NO5S2. The molecule has 0 heterocycles. The van der Waals surface area contributed by atoms with Gasteiger partial charge in [0.1, 0.15) is 0 Å². The Morgan fingerprint density at radius 3 is 2.57 bits per heavy atom. The zero-order valence-electron chi connectivity index (χ0n) is 12.1. The van der Waals surface area contributed by atoms with Gasteiger partial charge in [-0.05, 0) is 37.8 Å². The Morgan fingerprint density at radius 1 is 1.43 bits per heavy atom. The van der Waals surface area contributed by atoms with Gasteiger partial charge in [0, 0.05) is 12.3 Å². The van der Waals surface area contributed by atoms with Crippen molar-refractivity contribution in [1.82, 2.24) is 4.72 Å². The summed E-state index contributed by atoms with van der Waals surface area (Å²) in [6.45, 7) is 2.98. The number of carbonyl (C=O) groups is 1. The van der Waals surface area contributed by atoms with Gasteiger partial charge in [-0.3, -0.25) is 0 Å². The summed E-state index contributed by atoms with van der Waals surface area (Å²) in [6.07, 6.45) is 1.81. The summed E-state index contributed by atoms with van der Waals surface area (Å²) in [5, 5.41) is 19.0. The van der Waals surface area contributed by atoms with E-state index in [9.17, 15) is 18.3 Å². The second-order valence-electron chi connectivity index (χ2n) is 5.04. The van der Waals surface area contributed by atoms with E-state index in [1.807, 2.05) is 6.26 Å². The number of aromatic carboxylic acids is 1. The number of benzene rings is 1. The molecule has 3 N–H and O–H groups in total. The highest BCUT2D eigenvalue weighted by molar-refractivity contribution is 7.98. The van der Waals surface area contributed by atoms with E-state index in [1.54, 1.807) is 6.92 Å². The van der Waals surface area contributed by atoms with Gasteiger partial charge in [0.15, 0.2) is 0 Å². The third-order valence-corrected chi connectivity index (χ3v) is 5.16. The van der Waals surface area contributed by atoms with Crippen molar-refractivity contribution in [3.63, 3.8) is 0 Å². The van der Waals surface area contributed by atoms with E-state index < -0.39 is 21.6 Å². The maximum atomic E-state index is 12.1. The van der Waals surface area contributed by atoms with Crippen molar-refractivity contribution in [2.75, 3.05) is 18.6 Å². The van der Waals surface area contributed by atoms with Gasteiger partial charge in [-0.1, -0.05) is 6.07 Å². The molecule has 0 aromatic heterocycles. The molecule has 0 bridgehead atoms. The molecule has 0 aliphatic rings. The Labute approximate surface area is 128 Å². The third kappa shape index (κ3) is 4.99. The van der Waals surface area contributed by atoms with E-state index in [0.717, 1.165) is 6.07 Å². The highest BCUT2D eigenvalue weighted by Crippen LogP contribution is 2.17. The first-order valence-electron chi connectivity index (χ1n) is 6.14. The molecule has 0 saturated carbocycles. The molecule has 1 aromatic rings. The lowest BCUT2D eigenvalue weighted by Gasteiger charge is -2.22. The normalized spacial score (nSPS) is 14.7. The van der Waals surface area contributed by atoms with E-state index in [1.165, 1.54) is 30.8 Å². The largest absolute Gasteiger partial charge is 0.478 e. The van der Waals surface area contributed by atoms with Crippen molar-refractivity contribution in [1.29, 1.82) is 0 Å². The predicted octanol–water partition coefficient (Wildman–Crippen LogP) is 1.09. The molecule has 0 fully saturated rings. The van der Waals surface area contributed by atoms with Gasteiger partial charge in [-0.25, -0.2) is 17.9 Å². The topological polar surface area (TPSA) is 104 Å². The number of carboxylic acids is 1. The number of aliphatic hydroxyl groups is 1. The van der Waals surface area contributed by atoms with Crippen LogP contribution in [-0.2, 0) is 10.0 Å². The first kappa shape index (κ1) is 18.0. The summed E-state index contributed by atoms with van der Waals surface area (Å²) in [5.41, 5.74) is -0.753. The van der Waals surface area contributed by atoms with E-state index in [2.05, 4.69) is 4.72 Å². The van der Waals surface area contributed by atoms with Crippen LogP contribution in [0.1, 0.15) is 22.8 Å².